The largest absolute Gasteiger partial charge is 0.396 e. The molecule has 1 atom stereocenters. The maximum Gasteiger partial charge on any atom is 0.166 e. The normalized spacial score (nSPS) is 15.9. The van der Waals surface area contributed by atoms with Crippen molar-refractivity contribution in [2.75, 3.05) is 6.61 Å². The number of aliphatic hydroxyl groups excluding tert-OH is 1. The predicted molar refractivity (Wildman–Crippen MR) is 50.3 cm³/mol. The molecule has 0 fully saturated rings. The zero-order valence-electron chi connectivity index (χ0n) is 8.65. The molecule has 1 N–H and O–H groups in total. The van der Waals surface area contributed by atoms with Gasteiger partial charge in [-0.3, -0.25) is 0 Å². The van der Waals surface area contributed by atoms with E-state index in [1.54, 1.807) is 20.8 Å². The Hall–Kier alpha value is -1.46. The molecule has 0 spiro atoms. The van der Waals surface area contributed by atoms with Crippen LogP contribution in [0.15, 0.2) is 10.2 Å². The summed E-state index contributed by atoms with van der Waals surface area (Å²) in [7, 11) is 0. The van der Waals surface area contributed by atoms with Gasteiger partial charge in [0.05, 0.1) is 12.1 Å². The van der Waals surface area contributed by atoms with E-state index < -0.39 is 11.1 Å². The fraction of sp³-hybridized carbons (Fsp3) is 0.778. The van der Waals surface area contributed by atoms with Gasteiger partial charge in [0.1, 0.15) is 0 Å². The van der Waals surface area contributed by atoms with Gasteiger partial charge in [-0.25, -0.2) is 0 Å². The molecule has 0 aliphatic carbocycles. The Morgan fingerprint density at radius 1 is 1.14 bits per heavy atom. The Labute approximate surface area is 83.7 Å². The quantitative estimate of drug-likeness (QED) is 0.685. The van der Waals surface area contributed by atoms with E-state index in [1.807, 2.05) is 12.1 Å². The molecule has 0 aliphatic rings. The highest BCUT2D eigenvalue weighted by Crippen LogP contribution is 2.17. The van der Waals surface area contributed by atoms with Gasteiger partial charge < -0.3 is 5.11 Å². The first-order valence-electron chi connectivity index (χ1n) is 4.26. The molecule has 0 heterocycles. The third-order valence-corrected chi connectivity index (χ3v) is 1.63. The summed E-state index contributed by atoms with van der Waals surface area (Å²) in [6, 6.07) is 3.89. The second kappa shape index (κ2) is 4.69. The molecule has 5 heteroatoms. The molecule has 0 rings (SSSR count). The van der Waals surface area contributed by atoms with Crippen LogP contribution in [0.4, 0.5) is 0 Å². The summed E-state index contributed by atoms with van der Waals surface area (Å²) < 4.78 is 0. The van der Waals surface area contributed by atoms with Gasteiger partial charge in [-0.2, -0.15) is 20.8 Å². The van der Waals surface area contributed by atoms with Gasteiger partial charge in [-0.15, -0.1) is 0 Å². The molecule has 1 unspecified atom stereocenters. The van der Waals surface area contributed by atoms with E-state index in [0.717, 1.165) is 0 Å². The molecular weight excluding hydrogens is 180 g/mol. The van der Waals surface area contributed by atoms with E-state index in [-0.39, 0.29) is 13.0 Å². The molecule has 0 aromatic carbocycles. The Kier molecular flexibility index (Phi) is 4.20. The highest BCUT2D eigenvalue weighted by atomic mass is 16.3. The third kappa shape index (κ3) is 3.97. The number of hydrogen-bond acceptors (Lipinski definition) is 5. The second-order valence-electron chi connectivity index (χ2n) is 3.73. The van der Waals surface area contributed by atoms with Crippen LogP contribution in [0.1, 0.15) is 27.2 Å². The first-order chi connectivity index (χ1) is 6.39. The standard InChI is InChI=1S/C9H14N4O/c1-8(2,6-10)12-13-9(3,7-11)4-5-14/h14H,4-5H2,1-3H3. The van der Waals surface area contributed by atoms with Gasteiger partial charge >= 0.3 is 0 Å². The topological polar surface area (TPSA) is 92.5 Å². The van der Waals surface area contributed by atoms with E-state index in [2.05, 4.69) is 10.2 Å². The summed E-state index contributed by atoms with van der Waals surface area (Å²) in [5.74, 6) is 0. The molecule has 0 aromatic rings. The van der Waals surface area contributed by atoms with Crippen LogP contribution in [0.5, 0.6) is 0 Å². The van der Waals surface area contributed by atoms with Crippen molar-refractivity contribution in [2.45, 2.75) is 38.3 Å². The molecule has 5 nitrogen and oxygen atoms in total. The SMILES string of the molecule is CC(C)(C#N)N=NC(C)(C#N)CCO. The van der Waals surface area contributed by atoms with E-state index in [1.165, 1.54) is 0 Å². The number of azo groups is 1. The first-order valence-corrected chi connectivity index (χ1v) is 4.26. The molecule has 14 heavy (non-hydrogen) atoms. The molecule has 0 aliphatic heterocycles. The first kappa shape index (κ1) is 12.5. The van der Waals surface area contributed by atoms with Crippen LogP contribution in [-0.2, 0) is 0 Å². The fourth-order valence-electron chi connectivity index (χ4n) is 0.604. The molecule has 0 saturated carbocycles. The minimum atomic E-state index is -1.04. The fourth-order valence-corrected chi connectivity index (χ4v) is 0.604. The Morgan fingerprint density at radius 2 is 1.71 bits per heavy atom. The summed E-state index contributed by atoms with van der Waals surface area (Å²) in [6.45, 7) is 4.65. The maximum absolute atomic E-state index is 8.79. The maximum atomic E-state index is 8.79. The van der Waals surface area contributed by atoms with Crippen molar-refractivity contribution in [3.8, 4) is 12.1 Å². The molecule has 0 bridgehead atoms. The number of nitrogens with zero attached hydrogens (tertiary/aromatic N) is 4. The van der Waals surface area contributed by atoms with Crippen LogP contribution in [0.25, 0.3) is 0 Å². The van der Waals surface area contributed by atoms with Gasteiger partial charge in [0, 0.05) is 13.0 Å². The average Bonchev–Trinajstić information content (AvgIpc) is 2.16. The zero-order chi connectivity index (χ0) is 11.2. The molecule has 76 valence electrons. The van der Waals surface area contributed by atoms with Crippen LogP contribution in [-0.4, -0.2) is 22.8 Å². The van der Waals surface area contributed by atoms with Crippen LogP contribution in [0.3, 0.4) is 0 Å². The minimum Gasteiger partial charge on any atom is -0.396 e. The Morgan fingerprint density at radius 3 is 2.07 bits per heavy atom. The molecule has 0 amide bonds. The van der Waals surface area contributed by atoms with Gasteiger partial charge in [-0.05, 0) is 20.8 Å². The van der Waals surface area contributed by atoms with Crippen LogP contribution in [0, 0.1) is 22.7 Å². The molecular formula is C9H14N4O. The Balaban J connectivity index is 4.65. The summed E-state index contributed by atoms with van der Waals surface area (Å²) in [5, 5.41) is 33.7. The summed E-state index contributed by atoms with van der Waals surface area (Å²) in [4.78, 5) is 0. The van der Waals surface area contributed by atoms with Crippen molar-refractivity contribution in [3.05, 3.63) is 0 Å². The van der Waals surface area contributed by atoms with Crippen molar-refractivity contribution < 1.29 is 5.11 Å². The molecule has 0 radical (unpaired) electrons. The van der Waals surface area contributed by atoms with Crippen molar-refractivity contribution >= 4 is 0 Å². The monoisotopic (exact) mass is 194 g/mol. The van der Waals surface area contributed by atoms with Crippen molar-refractivity contribution in [1.82, 2.24) is 0 Å². The van der Waals surface area contributed by atoms with E-state index in [9.17, 15) is 0 Å². The van der Waals surface area contributed by atoms with E-state index in [4.69, 9.17) is 15.6 Å². The lowest BCUT2D eigenvalue weighted by Gasteiger charge is -2.15. The summed E-state index contributed by atoms with van der Waals surface area (Å²) in [6.07, 6.45) is 0.217. The van der Waals surface area contributed by atoms with Crippen molar-refractivity contribution in [2.24, 2.45) is 10.2 Å². The lowest BCUT2D eigenvalue weighted by molar-refractivity contribution is 0.261. The summed E-state index contributed by atoms with van der Waals surface area (Å²) in [5.41, 5.74) is -1.96. The Bertz CT molecular complexity index is 297. The van der Waals surface area contributed by atoms with Gasteiger partial charge in [-0.1, -0.05) is 0 Å². The number of rotatable bonds is 4. The third-order valence-electron chi connectivity index (χ3n) is 1.63. The number of hydrogen-bond donors (Lipinski definition) is 1. The smallest absolute Gasteiger partial charge is 0.166 e. The second-order valence-corrected chi connectivity index (χ2v) is 3.73. The highest BCUT2D eigenvalue weighted by molar-refractivity contribution is 5.05. The van der Waals surface area contributed by atoms with Gasteiger partial charge in [0.25, 0.3) is 0 Å². The summed E-state index contributed by atoms with van der Waals surface area (Å²) >= 11 is 0. The van der Waals surface area contributed by atoms with Gasteiger partial charge in [0.15, 0.2) is 11.1 Å². The number of nitriles is 2. The minimum absolute atomic E-state index is 0.129. The lowest BCUT2D eigenvalue weighted by Crippen LogP contribution is -2.22. The lowest BCUT2D eigenvalue weighted by atomic mass is 10.0. The average molecular weight is 194 g/mol. The van der Waals surface area contributed by atoms with Crippen LogP contribution < -0.4 is 0 Å². The number of aliphatic hydroxyl groups is 1. The van der Waals surface area contributed by atoms with Gasteiger partial charge in [0.2, 0.25) is 0 Å². The van der Waals surface area contributed by atoms with Crippen LogP contribution in [0.2, 0.25) is 0 Å². The van der Waals surface area contributed by atoms with Crippen molar-refractivity contribution in [3.63, 3.8) is 0 Å². The van der Waals surface area contributed by atoms with Crippen molar-refractivity contribution in [1.29, 1.82) is 10.5 Å². The van der Waals surface area contributed by atoms with Crippen LogP contribution >= 0.6 is 0 Å². The predicted octanol–water partition coefficient (Wildman–Crippen LogP) is 1.41. The highest BCUT2D eigenvalue weighted by Gasteiger charge is 2.24. The van der Waals surface area contributed by atoms with E-state index >= 15 is 0 Å². The zero-order valence-corrected chi connectivity index (χ0v) is 8.65. The molecule has 0 aromatic heterocycles. The molecule has 0 saturated heterocycles. The van der Waals surface area contributed by atoms with E-state index in [0.29, 0.717) is 0 Å².